The van der Waals surface area contributed by atoms with E-state index < -0.39 is 23.0 Å². The number of nitrogens with zero attached hydrogens (tertiary/aromatic N) is 1. The summed E-state index contributed by atoms with van der Waals surface area (Å²) in [5.74, 6) is -1.80. The van der Waals surface area contributed by atoms with Crippen LogP contribution in [0, 0.1) is 10.1 Å². The molecule has 0 spiro atoms. The summed E-state index contributed by atoms with van der Waals surface area (Å²) in [4.78, 5) is 21.3. The van der Waals surface area contributed by atoms with Gasteiger partial charge in [0, 0.05) is 12.1 Å². The molecule has 0 saturated carbocycles. The van der Waals surface area contributed by atoms with Gasteiger partial charge in [-0.3, -0.25) is 14.9 Å². The Morgan fingerprint density at radius 3 is 2.27 bits per heavy atom. The maximum absolute atomic E-state index is 12.5. The van der Waals surface area contributed by atoms with E-state index in [1.807, 2.05) is 5.32 Å². The van der Waals surface area contributed by atoms with Crippen LogP contribution in [0.5, 0.6) is 5.75 Å². The van der Waals surface area contributed by atoms with E-state index in [0.717, 1.165) is 5.56 Å². The molecule has 0 saturated heterocycles. The highest BCUT2D eigenvalue weighted by molar-refractivity contribution is 5.82. The normalized spacial score (nSPS) is 12.3. The number of nitro groups is 1. The van der Waals surface area contributed by atoms with E-state index in [2.05, 4.69) is 0 Å². The van der Waals surface area contributed by atoms with E-state index in [4.69, 9.17) is 4.74 Å². The molecule has 26 heavy (non-hydrogen) atoms. The standard InChI is InChI=1S/C17H15F3N2O4/c18-17(19,20)16(23)21-13(10-12-4-2-1-3-5-12)11-26-15-8-6-14(7-9-15)22(24)25/h1-9,13H,10-11H2,(H,21,23)/t13-/m0/s1. The van der Waals surface area contributed by atoms with Crippen molar-refractivity contribution in [2.24, 2.45) is 0 Å². The zero-order chi connectivity index (χ0) is 19.2. The molecule has 0 aliphatic carbocycles. The van der Waals surface area contributed by atoms with Gasteiger partial charge in [0.25, 0.3) is 5.69 Å². The molecule has 0 radical (unpaired) electrons. The highest BCUT2D eigenvalue weighted by Gasteiger charge is 2.39. The summed E-state index contributed by atoms with van der Waals surface area (Å²) >= 11 is 0. The second kappa shape index (κ2) is 8.32. The van der Waals surface area contributed by atoms with Gasteiger partial charge < -0.3 is 10.1 Å². The fourth-order valence-corrected chi connectivity index (χ4v) is 2.18. The van der Waals surface area contributed by atoms with E-state index in [9.17, 15) is 28.1 Å². The molecular weight excluding hydrogens is 353 g/mol. The molecule has 0 aliphatic heterocycles. The lowest BCUT2D eigenvalue weighted by Crippen LogP contribution is -2.46. The Balaban J connectivity index is 2.05. The number of carbonyl (C=O) groups excluding carboxylic acids is 1. The second-order valence-corrected chi connectivity index (χ2v) is 5.42. The van der Waals surface area contributed by atoms with Crippen LogP contribution in [-0.2, 0) is 11.2 Å². The van der Waals surface area contributed by atoms with Gasteiger partial charge in [-0.1, -0.05) is 30.3 Å². The molecule has 2 aromatic rings. The van der Waals surface area contributed by atoms with Gasteiger partial charge in [0.2, 0.25) is 0 Å². The summed E-state index contributed by atoms with van der Waals surface area (Å²) in [6, 6.07) is 12.8. The van der Waals surface area contributed by atoms with Crippen LogP contribution in [0.4, 0.5) is 18.9 Å². The van der Waals surface area contributed by atoms with Gasteiger partial charge in [-0.15, -0.1) is 0 Å². The van der Waals surface area contributed by atoms with E-state index in [1.54, 1.807) is 30.3 Å². The van der Waals surface area contributed by atoms with Crippen LogP contribution >= 0.6 is 0 Å². The monoisotopic (exact) mass is 368 g/mol. The Bertz CT molecular complexity index is 749. The van der Waals surface area contributed by atoms with Crippen molar-refractivity contribution >= 4 is 11.6 Å². The minimum atomic E-state index is -5.00. The zero-order valence-corrected chi connectivity index (χ0v) is 13.4. The quantitative estimate of drug-likeness (QED) is 0.601. The first-order chi connectivity index (χ1) is 12.3. The number of amides is 1. The van der Waals surface area contributed by atoms with Crippen LogP contribution in [0.25, 0.3) is 0 Å². The average molecular weight is 368 g/mol. The van der Waals surface area contributed by atoms with E-state index in [-0.39, 0.29) is 24.5 Å². The number of hydrogen-bond donors (Lipinski definition) is 1. The van der Waals surface area contributed by atoms with Crippen LogP contribution in [0.15, 0.2) is 54.6 Å². The first-order valence-corrected chi connectivity index (χ1v) is 7.54. The molecule has 0 fully saturated rings. The summed E-state index contributed by atoms with van der Waals surface area (Å²) in [5.41, 5.74) is 0.593. The van der Waals surface area contributed by atoms with Crippen molar-refractivity contribution in [3.05, 3.63) is 70.3 Å². The molecule has 9 heteroatoms. The van der Waals surface area contributed by atoms with Crippen molar-refractivity contribution in [2.45, 2.75) is 18.6 Å². The van der Waals surface area contributed by atoms with Gasteiger partial charge >= 0.3 is 12.1 Å². The Kier molecular flexibility index (Phi) is 6.16. The van der Waals surface area contributed by atoms with Crippen molar-refractivity contribution < 1.29 is 27.6 Å². The van der Waals surface area contributed by atoms with Gasteiger partial charge in [-0.2, -0.15) is 13.2 Å². The Hall–Kier alpha value is -3.10. The van der Waals surface area contributed by atoms with E-state index in [0.29, 0.717) is 0 Å². The molecule has 0 aromatic heterocycles. The van der Waals surface area contributed by atoms with Crippen LogP contribution in [0.1, 0.15) is 5.56 Å². The lowest BCUT2D eigenvalue weighted by Gasteiger charge is -2.20. The van der Waals surface area contributed by atoms with Gasteiger partial charge in [0.15, 0.2) is 0 Å². The highest BCUT2D eigenvalue weighted by Crippen LogP contribution is 2.19. The molecule has 0 heterocycles. The molecule has 6 nitrogen and oxygen atoms in total. The lowest BCUT2D eigenvalue weighted by atomic mass is 10.1. The SMILES string of the molecule is O=C(N[C@H](COc1ccc([N+](=O)[O-])cc1)Cc1ccccc1)C(F)(F)F. The minimum absolute atomic E-state index is 0.135. The predicted molar refractivity (Wildman–Crippen MR) is 86.7 cm³/mol. The summed E-state index contributed by atoms with van der Waals surface area (Å²) in [6.45, 7) is -0.228. The van der Waals surface area contributed by atoms with E-state index >= 15 is 0 Å². The molecule has 2 aromatic carbocycles. The topological polar surface area (TPSA) is 81.5 Å². The van der Waals surface area contributed by atoms with Crippen LogP contribution in [-0.4, -0.2) is 29.7 Å². The fourth-order valence-electron chi connectivity index (χ4n) is 2.18. The maximum atomic E-state index is 12.5. The summed E-state index contributed by atoms with van der Waals surface area (Å²) in [7, 11) is 0. The van der Waals surface area contributed by atoms with Gasteiger partial charge in [0.05, 0.1) is 11.0 Å². The molecule has 2 rings (SSSR count). The number of alkyl halides is 3. The van der Waals surface area contributed by atoms with Gasteiger partial charge in [-0.25, -0.2) is 0 Å². The van der Waals surface area contributed by atoms with Gasteiger partial charge in [0.1, 0.15) is 12.4 Å². The zero-order valence-electron chi connectivity index (χ0n) is 13.4. The minimum Gasteiger partial charge on any atom is -0.491 e. The van der Waals surface area contributed by atoms with Crippen LogP contribution in [0.2, 0.25) is 0 Å². The van der Waals surface area contributed by atoms with Gasteiger partial charge in [-0.05, 0) is 24.1 Å². The molecule has 0 bridgehead atoms. The molecule has 0 unspecified atom stereocenters. The maximum Gasteiger partial charge on any atom is 0.471 e. The third kappa shape index (κ3) is 5.76. The number of non-ortho nitro benzene ring substituents is 1. The number of ether oxygens (including phenoxy) is 1. The van der Waals surface area contributed by atoms with E-state index in [1.165, 1.54) is 24.3 Å². The smallest absolute Gasteiger partial charge is 0.471 e. The largest absolute Gasteiger partial charge is 0.491 e. The highest BCUT2D eigenvalue weighted by atomic mass is 19.4. The number of carbonyl (C=O) groups is 1. The molecule has 138 valence electrons. The lowest BCUT2D eigenvalue weighted by molar-refractivity contribution is -0.384. The average Bonchev–Trinajstić information content (AvgIpc) is 2.60. The van der Waals surface area contributed by atoms with Crippen LogP contribution < -0.4 is 10.1 Å². The molecule has 0 aliphatic rings. The third-order valence-corrected chi connectivity index (χ3v) is 3.42. The fraction of sp³-hybridized carbons (Fsp3) is 0.235. The number of nitro benzene ring substituents is 1. The Morgan fingerprint density at radius 1 is 1.12 bits per heavy atom. The van der Waals surface area contributed by atoms with Crippen molar-refractivity contribution in [3.8, 4) is 5.75 Å². The molecular formula is C17H15F3N2O4. The van der Waals surface area contributed by atoms with Crippen molar-refractivity contribution in [1.29, 1.82) is 0 Å². The third-order valence-electron chi connectivity index (χ3n) is 3.42. The second-order valence-electron chi connectivity index (χ2n) is 5.42. The van der Waals surface area contributed by atoms with Crippen molar-refractivity contribution in [2.75, 3.05) is 6.61 Å². The van der Waals surface area contributed by atoms with Crippen molar-refractivity contribution in [1.82, 2.24) is 5.32 Å². The Morgan fingerprint density at radius 2 is 1.73 bits per heavy atom. The summed E-state index contributed by atoms with van der Waals surface area (Å²) in [6.07, 6.45) is -4.86. The number of halogens is 3. The number of benzene rings is 2. The molecule has 1 amide bonds. The predicted octanol–water partition coefficient (Wildman–Crippen LogP) is 3.26. The van der Waals surface area contributed by atoms with Crippen LogP contribution in [0.3, 0.4) is 0 Å². The molecule has 1 N–H and O–H groups in total. The number of hydrogen-bond acceptors (Lipinski definition) is 4. The summed E-state index contributed by atoms with van der Waals surface area (Å²) in [5, 5.41) is 12.5. The van der Waals surface area contributed by atoms with Crippen molar-refractivity contribution in [3.63, 3.8) is 0 Å². The number of rotatable bonds is 7. The Labute approximate surface area is 146 Å². The number of nitrogens with one attached hydrogen (secondary N) is 1. The summed E-state index contributed by atoms with van der Waals surface area (Å²) < 4.78 is 42.9. The first kappa shape index (κ1) is 19.2. The first-order valence-electron chi connectivity index (χ1n) is 7.54. The molecule has 1 atom stereocenters.